The molecule has 0 radical (unpaired) electrons. The van der Waals surface area contributed by atoms with Gasteiger partial charge in [-0.3, -0.25) is 0 Å². The van der Waals surface area contributed by atoms with E-state index in [0.29, 0.717) is 24.5 Å². The highest BCUT2D eigenvalue weighted by Gasteiger charge is 2.37. The van der Waals surface area contributed by atoms with Crippen LogP contribution in [0.3, 0.4) is 0 Å². The molecule has 126 valence electrons. The van der Waals surface area contributed by atoms with Gasteiger partial charge in [-0.15, -0.1) is 0 Å². The molecule has 4 rings (SSSR count). The highest BCUT2D eigenvalue weighted by atomic mass is 79.9. The third-order valence-corrected chi connectivity index (χ3v) is 4.07. The van der Waals surface area contributed by atoms with E-state index in [2.05, 4.69) is 0 Å². The molecule has 3 nitrogen and oxygen atoms in total. The number of nitrogens with zero attached hydrogens (tertiary/aromatic N) is 1. The lowest BCUT2D eigenvalue weighted by atomic mass is 10.0. The van der Waals surface area contributed by atoms with E-state index in [-0.39, 0.29) is 29.5 Å². The van der Waals surface area contributed by atoms with Gasteiger partial charge in [0.1, 0.15) is 5.56 Å². The average molecular weight is 400 g/mol. The Morgan fingerprint density at radius 1 is 1.00 bits per heavy atom. The molecule has 2 aromatic carbocycles. The number of hydrogen-bond donors (Lipinski definition) is 0. The van der Waals surface area contributed by atoms with E-state index in [4.69, 9.17) is 9.47 Å². The molecule has 0 atom stereocenters. The van der Waals surface area contributed by atoms with Crippen molar-refractivity contribution in [1.82, 2.24) is 0 Å². The molecule has 0 saturated carbocycles. The summed E-state index contributed by atoms with van der Waals surface area (Å²) in [5.41, 5.74) is 1.45. The van der Waals surface area contributed by atoms with Gasteiger partial charge in [-0.25, -0.2) is 0 Å². The van der Waals surface area contributed by atoms with Crippen LogP contribution in [0.1, 0.15) is 16.7 Å². The highest BCUT2D eigenvalue weighted by Crippen LogP contribution is 2.38. The van der Waals surface area contributed by atoms with Crippen molar-refractivity contribution < 1.29 is 44.2 Å². The number of ether oxygens (including phenoxy) is 2. The Bertz CT molecular complexity index is 818. The minimum atomic E-state index is -4.38. The Morgan fingerprint density at radius 3 is 2.46 bits per heavy atom. The molecule has 0 bridgehead atoms. The van der Waals surface area contributed by atoms with Crippen molar-refractivity contribution in [3.05, 3.63) is 53.1 Å². The molecule has 2 aliphatic heterocycles. The van der Waals surface area contributed by atoms with Gasteiger partial charge in [-0.1, -0.05) is 12.1 Å². The zero-order valence-electron chi connectivity index (χ0n) is 12.4. The van der Waals surface area contributed by atoms with Crippen LogP contribution >= 0.6 is 0 Å². The molecule has 0 amide bonds. The standard InChI is InChI=1S/C17H13F3NO2.BrH/c18-17(19,20)13-3-1-2-4-14(13)21-6-5-11-7-15-16(23-10-22-15)8-12(11)9-21;/h1-4,7-9H,5-6,10H2;1H/q+1;/p-1. The minimum Gasteiger partial charge on any atom is -1.00 e. The van der Waals surface area contributed by atoms with Crippen LogP contribution in [0.5, 0.6) is 11.5 Å². The number of alkyl halides is 3. The summed E-state index contributed by atoms with van der Waals surface area (Å²) in [6, 6.07) is 9.35. The third kappa shape index (κ3) is 2.88. The Morgan fingerprint density at radius 2 is 1.71 bits per heavy atom. The quantitative estimate of drug-likeness (QED) is 0.660. The molecule has 2 aliphatic rings. The smallest absolute Gasteiger partial charge is 0.422 e. The lowest BCUT2D eigenvalue weighted by molar-refractivity contribution is -0.438. The van der Waals surface area contributed by atoms with Crippen LogP contribution in [-0.2, 0) is 12.6 Å². The normalized spacial score (nSPS) is 15.4. The van der Waals surface area contributed by atoms with E-state index < -0.39 is 11.7 Å². The molecule has 7 heteroatoms. The SMILES string of the molecule is FC(F)(F)c1ccccc1[N+]1=Cc2cc3c(cc2CC1)OCO3.[Br-]. The number of fused-ring (bicyclic) bond motifs is 2. The van der Waals surface area contributed by atoms with Crippen LogP contribution in [-0.4, -0.2) is 24.1 Å². The Hall–Kier alpha value is -2.02. The molecule has 24 heavy (non-hydrogen) atoms. The molecule has 0 unspecified atom stereocenters. The minimum absolute atomic E-state index is 0. The number of halogens is 4. The van der Waals surface area contributed by atoms with Crippen LogP contribution in [0.15, 0.2) is 36.4 Å². The van der Waals surface area contributed by atoms with Crippen LogP contribution in [0, 0.1) is 0 Å². The average Bonchev–Trinajstić information content (AvgIpc) is 2.98. The maximum absolute atomic E-state index is 13.2. The second-order valence-corrected chi connectivity index (χ2v) is 5.49. The summed E-state index contributed by atoms with van der Waals surface area (Å²) in [5.74, 6) is 1.33. The molecular weight excluding hydrogens is 387 g/mol. The van der Waals surface area contributed by atoms with Crippen LogP contribution in [0.2, 0.25) is 0 Å². The number of benzene rings is 2. The summed E-state index contributed by atoms with van der Waals surface area (Å²) >= 11 is 0. The first-order chi connectivity index (χ1) is 11.0. The fourth-order valence-corrected chi connectivity index (χ4v) is 2.96. The van der Waals surface area contributed by atoms with Gasteiger partial charge in [0.15, 0.2) is 24.3 Å². The van der Waals surface area contributed by atoms with E-state index in [1.807, 2.05) is 12.1 Å². The van der Waals surface area contributed by atoms with Crippen molar-refractivity contribution in [3.8, 4) is 11.5 Å². The van der Waals surface area contributed by atoms with Crippen LogP contribution in [0.25, 0.3) is 0 Å². The van der Waals surface area contributed by atoms with Crippen molar-refractivity contribution in [1.29, 1.82) is 0 Å². The van der Waals surface area contributed by atoms with Crippen molar-refractivity contribution in [2.45, 2.75) is 12.6 Å². The van der Waals surface area contributed by atoms with E-state index in [9.17, 15) is 13.2 Å². The molecule has 0 N–H and O–H groups in total. The number of hydrogen-bond acceptors (Lipinski definition) is 2. The highest BCUT2D eigenvalue weighted by molar-refractivity contribution is 5.81. The lowest BCUT2D eigenvalue weighted by Gasteiger charge is -2.15. The number of para-hydroxylation sites is 1. The van der Waals surface area contributed by atoms with Crippen molar-refractivity contribution >= 4 is 11.9 Å². The molecular formula is C17H13BrF3NO2. The molecule has 0 saturated heterocycles. The molecule has 0 aromatic heterocycles. The molecule has 2 aromatic rings. The van der Waals surface area contributed by atoms with Gasteiger partial charge in [0, 0.05) is 18.1 Å². The summed E-state index contributed by atoms with van der Waals surface area (Å²) in [4.78, 5) is 0. The maximum atomic E-state index is 13.2. The molecule has 2 heterocycles. The van der Waals surface area contributed by atoms with Gasteiger partial charge in [0.25, 0.3) is 0 Å². The summed E-state index contributed by atoms with van der Waals surface area (Å²) in [7, 11) is 0. The van der Waals surface area contributed by atoms with Crippen molar-refractivity contribution in [2.24, 2.45) is 0 Å². The van der Waals surface area contributed by atoms with Crippen LogP contribution in [0.4, 0.5) is 18.9 Å². The monoisotopic (exact) mass is 399 g/mol. The summed E-state index contributed by atoms with van der Waals surface area (Å²) in [6.07, 6.45) is -1.99. The van der Waals surface area contributed by atoms with E-state index in [1.165, 1.54) is 12.1 Å². The van der Waals surface area contributed by atoms with E-state index in [1.54, 1.807) is 16.9 Å². The van der Waals surface area contributed by atoms with Gasteiger partial charge < -0.3 is 26.5 Å². The Labute approximate surface area is 147 Å². The topological polar surface area (TPSA) is 21.5 Å². The van der Waals surface area contributed by atoms with Gasteiger partial charge >= 0.3 is 6.18 Å². The summed E-state index contributed by atoms with van der Waals surface area (Å²) < 4.78 is 51.9. The first-order valence-corrected chi connectivity index (χ1v) is 7.22. The first-order valence-electron chi connectivity index (χ1n) is 7.22. The fourth-order valence-electron chi connectivity index (χ4n) is 2.96. The lowest BCUT2D eigenvalue weighted by Crippen LogP contribution is -3.00. The second kappa shape index (κ2) is 6.12. The van der Waals surface area contributed by atoms with Crippen molar-refractivity contribution in [2.75, 3.05) is 13.3 Å². The predicted octanol–water partition coefficient (Wildman–Crippen LogP) is 0.757. The Balaban J connectivity index is 0.00000169. The van der Waals surface area contributed by atoms with Gasteiger partial charge in [-0.2, -0.15) is 17.7 Å². The molecule has 0 fully saturated rings. The second-order valence-electron chi connectivity index (χ2n) is 5.49. The largest absolute Gasteiger partial charge is 1.00 e. The van der Waals surface area contributed by atoms with Crippen LogP contribution < -0.4 is 26.5 Å². The molecule has 0 spiro atoms. The zero-order valence-corrected chi connectivity index (χ0v) is 14.0. The van der Waals surface area contributed by atoms with Gasteiger partial charge in [-0.05, 0) is 23.8 Å². The first kappa shape index (κ1) is 16.8. The zero-order chi connectivity index (χ0) is 16.0. The fraction of sp³-hybridized carbons (Fsp3) is 0.235. The van der Waals surface area contributed by atoms with Gasteiger partial charge in [0.2, 0.25) is 12.5 Å². The predicted molar refractivity (Wildman–Crippen MR) is 77.7 cm³/mol. The third-order valence-electron chi connectivity index (χ3n) is 4.07. The van der Waals surface area contributed by atoms with Crippen molar-refractivity contribution in [3.63, 3.8) is 0 Å². The number of rotatable bonds is 1. The molecule has 0 aliphatic carbocycles. The Kier molecular flexibility index (Phi) is 4.29. The summed E-state index contributed by atoms with van der Waals surface area (Å²) in [5, 5.41) is 0. The van der Waals surface area contributed by atoms with E-state index in [0.717, 1.165) is 17.2 Å². The van der Waals surface area contributed by atoms with E-state index >= 15 is 0 Å². The summed E-state index contributed by atoms with van der Waals surface area (Å²) in [6.45, 7) is 0.665. The van der Waals surface area contributed by atoms with Gasteiger partial charge in [0.05, 0.1) is 0 Å². The maximum Gasteiger partial charge on any atom is 0.422 e.